The molecule has 1 aromatic rings. The number of hydrogen-bond acceptors (Lipinski definition) is 3. The third-order valence-corrected chi connectivity index (χ3v) is 2.10. The SMILES string of the molecule is C=CC(OC(=O)OC)c1ccccc1C. The molecule has 0 heterocycles. The van der Waals surface area contributed by atoms with Crippen molar-refractivity contribution < 1.29 is 14.3 Å². The first kappa shape index (κ1) is 11.3. The van der Waals surface area contributed by atoms with Crippen molar-refractivity contribution in [3.05, 3.63) is 48.0 Å². The molecule has 80 valence electrons. The molecule has 0 aromatic heterocycles. The van der Waals surface area contributed by atoms with Gasteiger partial charge in [0, 0.05) is 0 Å². The van der Waals surface area contributed by atoms with Gasteiger partial charge in [0.05, 0.1) is 7.11 Å². The van der Waals surface area contributed by atoms with Crippen LogP contribution in [0.4, 0.5) is 4.79 Å². The topological polar surface area (TPSA) is 35.5 Å². The van der Waals surface area contributed by atoms with Crippen molar-refractivity contribution in [1.29, 1.82) is 0 Å². The first-order chi connectivity index (χ1) is 7.19. The molecule has 0 bridgehead atoms. The molecule has 0 amide bonds. The molecule has 1 unspecified atom stereocenters. The summed E-state index contributed by atoms with van der Waals surface area (Å²) in [6, 6.07) is 7.66. The van der Waals surface area contributed by atoms with E-state index in [1.807, 2.05) is 31.2 Å². The van der Waals surface area contributed by atoms with Crippen molar-refractivity contribution in [2.75, 3.05) is 7.11 Å². The normalized spacial score (nSPS) is 11.6. The Labute approximate surface area is 89.3 Å². The lowest BCUT2D eigenvalue weighted by atomic mass is 10.0. The van der Waals surface area contributed by atoms with E-state index in [2.05, 4.69) is 11.3 Å². The van der Waals surface area contributed by atoms with Crippen LogP contribution in [0, 0.1) is 6.92 Å². The van der Waals surface area contributed by atoms with Crippen LogP contribution in [0.1, 0.15) is 17.2 Å². The average molecular weight is 206 g/mol. The summed E-state index contributed by atoms with van der Waals surface area (Å²) >= 11 is 0. The lowest BCUT2D eigenvalue weighted by Gasteiger charge is -2.15. The number of carbonyl (C=O) groups excluding carboxylic acids is 1. The molecule has 1 aromatic carbocycles. The Balaban J connectivity index is 2.88. The largest absolute Gasteiger partial charge is 0.508 e. The summed E-state index contributed by atoms with van der Waals surface area (Å²) < 4.78 is 9.47. The van der Waals surface area contributed by atoms with Crippen molar-refractivity contribution in [2.24, 2.45) is 0 Å². The highest BCUT2D eigenvalue weighted by atomic mass is 16.7. The van der Waals surface area contributed by atoms with Gasteiger partial charge in [-0.05, 0) is 24.1 Å². The minimum Gasteiger partial charge on any atom is -0.438 e. The number of benzene rings is 1. The predicted molar refractivity (Wildman–Crippen MR) is 57.6 cm³/mol. The smallest absolute Gasteiger partial charge is 0.438 e. The maximum Gasteiger partial charge on any atom is 0.508 e. The van der Waals surface area contributed by atoms with Crippen molar-refractivity contribution in [3.8, 4) is 0 Å². The van der Waals surface area contributed by atoms with Crippen LogP contribution < -0.4 is 0 Å². The van der Waals surface area contributed by atoms with Crippen LogP contribution in [0.2, 0.25) is 0 Å². The summed E-state index contributed by atoms with van der Waals surface area (Å²) in [6.45, 7) is 5.58. The Bertz CT molecular complexity index is 358. The highest BCUT2D eigenvalue weighted by molar-refractivity contribution is 5.60. The number of ether oxygens (including phenoxy) is 2. The molecule has 0 aliphatic rings. The van der Waals surface area contributed by atoms with Gasteiger partial charge in [0.25, 0.3) is 0 Å². The van der Waals surface area contributed by atoms with E-state index in [9.17, 15) is 4.79 Å². The van der Waals surface area contributed by atoms with Crippen molar-refractivity contribution >= 4 is 6.16 Å². The molecule has 0 saturated heterocycles. The second-order valence-corrected chi connectivity index (χ2v) is 3.08. The molecular weight excluding hydrogens is 192 g/mol. The minimum atomic E-state index is -0.705. The van der Waals surface area contributed by atoms with E-state index in [4.69, 9.17) is 4.74 Å². The van der Waals surface area contributed by atoms with Gasteiger partial charge in [0.15, 0.2) is 0 Å². The van der Waals surface area contributed by atoms with Crippen LogP contribution in [-0.4, -0.2) is 13.3 Å². The van der Waals surface area contributed by atoms with Gasteiger partial charge in [-0.3, -0.25) is 0 Å². The van der Waals surface area contributed by atoms with E-state index in [1.54, 1.807) is 6.08 Å². The molecule has 0 radical (unpaired) electrons. The van der Waals surface area contributed by atoms with Crippen molar-refractivity contribution in [1.82, 2.24) is 0 Å². The third-order valence-electron chi connectivity index (χ3n) is 2.10. The summed E-state index contributed by atoms with van der Waals surface area (Å²) in [5.74, 6) is 0. The first-order valence-electron chi connectivity index (χ1n) is 4.61. The fourth-order valence-electron chi connectivity index (χ4n) is 1.30. The fourth-order valence-corrected chi connectivity index (χ4v) is 1.30. The van der Waals surface area contributed by atoms with Gasteiger partial charge in [0.2, 0.25) is 0 Å². The van der Waals surface area contributed by atoms with E-state index in [1.165, 1.54) is 7.11 Å². The highest BCUT2D eigenvalue weighted by Crippen LogP contribution is 2.22. The predicted octanol–water partition coefficient (Wildman–Crippen LogP) is 3.01. The molecule has 15 heavy (non-hydrogen) atoms. The van der Waals surface area contributed by atoms with Gasteiger partial charge in [0.1, 0.15) is 6.10 Å². The monoisotopic (exact) mass is 206 g/mol. The molecule has 1 rings (SSSR count). The molecular formula is C12H14O3. The lowest BCUT2D eigenvalue weighted by Crippen LogP contribution is -2.10. The van der Waals surface area contributed by atoms with E-state index in [-0.39, 0.29) is 0 Å². The maximum absolute atomic E-state index is 11.0. The molecule has 0 aliphatic carbocycles. The Morgan fingerprint density at radius 1 is 1.47 bits per heavy atom. The van der Waals surface area contributed by atoms with E-state index < -0.39 is 12.3 Å². The molecule has 0 saturated carbocycles. The maximum atomic E-state index is 11.0. The van der Waals surface area contributed by atoms with Crippen LogP contribution in [0.25, 0.3) is 0 Å². The number of rotatable bonds is 3. The van der Waals surface area contributed by atoms with E-state index >= 15 is 0 Å². The number of hydrogen-bond donors (Lipinski definition) is 0. The summed E-state index contributed by atoms with van der Waals surface area (Å²) in [4.78, 5) is 11.0. The van der Waals surface area contributed by atoms with Crippen LogP contribution in [0.5, 0.6) is 0 Å². The quantitative estimate of drug-likeness (QED) is 0.563. The summed E-state index contributed by atoms with van der Waals surface area (Å²) in [5, 5.41) is 0. The Morgan fingerprint density at radius 3 is 2.67 bits per heavy atom. The number of aryl methyl sites for hydroxylation is 1. The highest BCUT2D eigenvalue weighted by Gasteiger charge is 2.14. The van der Waals surface area contributed by atoms with Gasteiger partial charge in [-0.1, -0.05) is 30.8 Å². The zero-order valence-corrected chi connectivity index (χ0v) is 8.90. The lowest BCUT2D eigenvalue weighted by molar-refractivity contribution is 0.0521. The summed E-state index contributed by atoms with van der Waals surface area (Å²) in [6.07, 6.45) is 0.404. The van der Waals surface area contributed by atoms with E-state index in [0.717, 1.165) is 11.1 Å². The van der Waals surface area contributed by atoms with Crippen LogP contribution in [-0.2, 0) is 9.47 Å². The van der Waals surface area contributed by atoms with Crippen molar-refractivity contribution in [3.63, 3.8) is 0 Å². The van der Waals surface area contributed by atoms with Gasteiger partial charge in [-0.2, -0.15) is 0 Å². The van der Waals surface area contributed by atoms with Crippen molar-refractivity contribution in [2.45, 2.75) is 13.0 Å². The Kier molecular flexibility index (Phi) is 3.92. The van der Waals surface area contributed by atoms with Crippen LogP contribution in [0.15, 0.2) is 36.9 Å². The number of carbonyl (C=O) groups is 1. The average Bonchev–Trinajstić information content (AvgIpc) is 2.26. The zero-order valence-electron chi connectivity index (χ0n) is 8.90. The van der Waals surface area contributed by atoms with Gasteiger partial charge in [-0.15, -0.1) is 0 Å². The molecule has 0 N–H and O–H groups in total. The van der Waals surface area contributed by atoms with E-state index in [0.29, 0.717) is 0 Å². The molecule has 0 aliphatic heterocycles. The van der Waals surface area contributed by atoms with Crippen LogP contribution in [0.3, 0.4) is 0 Å². The Hall–Kier alpha value is -1.77. The molecule has 1 atom stereocenters. The molecule has 0 fully saturated rings. The molecule has 3 heteroatoms. The van der Waals surface area contributed by atoms with Crippen LogP contribution >= 0.6 is 0 Å². The number of methoxy groups -OCH3 is 1. The molecule has 0 spiro atoms. The second-order valence-electron chi connectivity index (χ2n) is 3.08. The summed E-state index contributed by atoms with van der Waals surface area (Å²) in [7, 11) is 1.28. The first-order valence-corrected chi connectivity index (χ1v) is 4.61. The van der Waals surface area contributed by atoms with Gasteiger partial charge in [-0.25, -0.2) is 4.79 Å². The van der Waals surface area contributed by atoms with Gasteiger partial charge >= 0.3 is 6.16 Å². The Morgan fingerprint density at radius 2 is 2.13 bits per heavy atom. The zero-order chi connectivity index (χ0) is 11.3. The second kappa shape index (κ2) is 5.20. The fraction of sp³-hybridized carbons (Fsp3) is 0.250. The van der Waals surface area contributed by atoms with Gasteiger partial charge < -0.3 is 9.47 Å². The molecule has 3 nitrogen and oxygen atoms in total. The standard InChI is InChI=1S/C12H14O3/c1-4-11(15-12(13)14-3)10-8-6-5-7-9(10)2/h4-8,11H,1H2,2-3H3. The third kappa shape index (κ3) is 2.84. The minimum absolute atomic E-state index is 0.460. The summed E-state index contributed by atoms with van der Waals surface area (Å²) in [5.41, 5.74) is 1.96.